The van der Waals surface area contributed by atoms with E-state index in [1.54, 1.807) is 12.1 Å². The summed E-state index contributed by atoms with van der Waals surface area (Å²) in [5, 5.41) is 11.4. The molecule has 0 heterocycles. The predicted octanol–water partition coefficient (Wildman–Crippen LogP) is 2.61. The maximum Gasteiger partial charge on any atom is 0.304 e. The molecular weight excluding hydrogens is 218 g/mol. The fraction of sp³-hybridized carbons (Fsp3) is 0.462. The summed E-state index contributed by atoms with van der Waals surface area (Å²) in [5.74, 6) is -0.247. The van der Waals surface area contributed by atoms with Crippen LogP contribution in [0, 0.1) is 17.0 Å². The van der Waals surface area contributed by atoms with Gasteiger partial charge in [0.25, 0.3) is 0 Å². The molecule has 1 aliphatic carbocycles. The second kappa shape index (κ2) is 4.28. The van der Waals surface area contributed by atoms with E-state index in [1.807, 2.05) is 19.1 Å². The molecule has 0 aromatic heterocycles. The van der Waals surface area contributed by atoms with E-state index in [2.05, 4.69) is 0 Å². The topological polar surface area (TPSA) is 60.2 Å². The third-order valence-corrected chi connectivity index (χ3v) is 3.56. The van der Waals surface area contributed by atoms with Gasteiger partial charge in [-0.3, -0.25) is 14.9 Å². The van der Waals surface area contributed by atoms with Crippen LogP contribution in [0.1, 0.15) is 36.8 Å². The molecule has 2 rings (SSSR count). The van der Waals surface area contributed by atoms with Gasteiger partial charge in [0.05, 0.1) is 0 Å². The number of carbonyl (C=O) groups is 1. The summed E-state index contributed by atoms with van der Waals surface area (Å²) in [6, 6.07) is 7.12. The van der Waals surface area contributed by atoms with E-state index in [0.29, 0.717) is 18.4 Å². The lowest BCUT2D eigenvalue weighted by molar-refractivity contribution is -0.563. The number of hydrogen-bond acceptors (Lipinski definition) is 3. The number of ketones is 1. The normalized spacial score (nSPS) is 24.6. The Bertz CT molecular complexity index is 469. The molecule has 1 aliphatic rings. The second-order valence-corrected chi connectivity index (χ2v) is 4.56. The highest BCUT2D eigenvalue weighted by atomic mass is 16.6. The van der Waals surface area contributed by atoms with Crippen molar-refractivity contribution in [3.05, 3.63) is 45.5 Å². The van der Waals surface area contributed by atoms with Gasteiger partial charge < -0.3 is 0 Å². The van der Waals surface area contributed by atoms with E-state index in [-0.39, 0.29) is 5.78 Å². The summed E-state index contributed by atoms with van der Waals surface area (Å²) in [5.41, 5.74) is -0.113. The second-order valence-electron chi connectivity index (χ2n) is 4.56. The van der Waals surface area contributed by atoms with Crippen LogP contribution in [-0.2, 0) is 10.3 Å². The first kappa shape index (κ1) is 11.8. The maximum absolute atomic E-state index is 12.1. The first-order valence-corrected chi connectivity index (χ1v) is 5.83. The third kappa shape index (κ3) is 1.73. The summed E-state index contributed by atoms with van der Waals surface area (Å²) in [4.78, 5) is 23.1. The van der Waals surface area contributed by atoms with Crippen molar-refractivity contribution in [3.63, 3.8) is 0 Å². The van der Waals surface area contributed by atoms with Crippen molar-refractivity contribution in [1.29, 1.82) is 0 Å². The van der Waals surface area contributed by atoms with Gasteiger partial charge in [0.1, 0.15) is 0 Å². The van der Waals surface area contributed by atoms with Gasteiger partial charge in [-0.25, -0.2) is 0 Å². The zero-order chi connectivity index (χ0) is 12.5. The Morgan fingerprint density at radius 1 is 1.29 bits per heavy atom. The molecule has 0 amide bonds. The van der Waals surface area contributed by atoms with Crippen LogP contribution in [0.4, 0.5) is 0 Å². The molecule has 4 heteroatoms. The van der Waals surface area contributed by atoms with Gasteiger partial charge in [-0.2, -0.15) is 0 Å². The van der Waals surface area contributed by atoms with Crippen molar-refractivity contribution < 1.29 is 9.72 Å². The molecular formula is C13H15NO3. The Balaban J connectivity index is 2.59. The minimum Gasteiger partial charge on any atom is -0.291 e. The Morgan fingerprint density at radius 3 is 2.59 bits per heavy atom. The number of Topliss-reactive ketones (excluding diaryl/α,β-unsaturated/α-hetero) is 1. The number of nitrogens with zero attached hydrogens (tertiary/aromatic N) is 1. The highest BCUT2D eigenvalue weighted by Gasteiger charge is 2.53. The molecule has 0 bridgehead atoms. The maximum atomic E-state index is 12.1. The van der Waals surface area contributed by atoms with Crippen molar-refractivity contribution in [2.45, 2.75) is 38.1 Å². The average Bonchev–Trinajstić information content (AvgIpc) is 2.30. The molecule has 1 unspecified atom stereocenters. The fourth-order valence-corrected chi connectivity index (χ4v) is 2.63. The SMILES string of the molecule is Cc1ccccc1C1([N+](=O)[O-])CCCCC1=O. The highest BCUT2D eigenvalue weighted by Crippen LogP contribution is 2.38. The van der Waals surface area contributed by atoms with Crippen LogP contribution < -0.4 is 0 Å². The largest absolute Gasteiger partial charge is 0.304 e. The minimum atomic E-state index is -1.50. The Hall–Kier alpha value is -1.71. The number of aryl methyl sites for hydroxylation is 1. The lowest BCUT2D eigenvalue weighted by Gasteiger charge is -2.29. The fourth-order valence-electron chi connectivity index (χ4n) is 2.63. The molecule has 4 nitrogen and oxygen atoms in total. The first-order valence-electron chi connectivity index (χ1n) is 5.83. The van der Waals surface area contributed by atoms with E-state index >= 15 is 0 Å². The summed E-state index contributed by atoms with van der Waals surface area (Å²) in [7, 11) is 0. The zero-order valence-corrected chi connectivity index (χ0v) is 9.81. The molecule has 1 fully saturated rings. The smallest absolute Gasteiger partial charge is 0.291 e. The molecule has 0 aliphatic heterocycles. The lowest BCUT2D eigenvalue weighted by Crippen LogP contribution is -2.46. The molecule has 1 atom stereocenters. The van der Waals surface area contributed by atoms with Crippen molar-refractivity contribution >= 4 is 5.78 Å². The zero-order valence-electron chi connectivity index (χ0n) is 9.81. The van der Waals surface area contributed by atoms with E-state index in [4.69, 9.17) is 0 Å². The molecule has 0 spiro atoms. The lowest BCUT2D eigenvalue weighted by atomic mass is 9.74. The number of benzene rings is 1. The monoisotopic (exact) mass is 233 g/mol. The Kier molecular flexibility index (Phi) is 2.96. The molecule has 1 aromatic rings. The Labute approximate surface area is 99.8 Å². The molecule has 0 radical (unpaired) electrons. The van der Waals surface area contributed by atoms with Crippen molar-refractivity contribution in [2.75, 3.05) is 0 Å². The van der Waals surface area contributed by atoms with Crippen LogP contribution in [0.15, 0.2) is 24.3 Å². The van der Waals surface area contributed by atoms with E-state index in [9.17, 15) is 14.9 Å². The number of nitro groups is 1. The van der Waals surface area contributed by atoms with Crippen molar-refractivity contribution in [1.82, 2.24) is 0 Å². The van der Waals surface area contributed by atoms with Crippen LogP contribution in [-0.4, -0.2) is 10.7 Å². The first-order chi connectivity index (χ1) is 8.09. The average molecular weight is 233 g/mol. The molecule has 90 valence electrons. The van der Waals surface area contributed by atoms with Gasteiger partial charge >= 0.3 is 5.54 Å². The van der Waals surface area contributed by atoms with Gasteiger partial charge in [0.2, 0.25) is 5.78 Å². The van der Waals surface area contributed by atoms with Crippen LogP contribution in [0.3, 0.4) is 0 Å². The summed E-state index contributed by atoms with van der Waals surface area (Å²) in [6.07, 6.45) is 2.14. The van der Waals surface area contributed by atoms with Crippen LogP contribution in [0.5, 0.6) is 0 Å². The van der Waals surface area contributed by atoms with Gasteiger partial charge in [-0.05, 0) is 25.3 Å². The van der Waals surface area contributed by atoms with E-state index in [0.717, 1.165) is 18.4 Å². The van der Waals surface area contributed by atoms with Gasteiger partial charge in [-0.15, -0.1) is 0 Å². The van der Waals surface area contributed by atoms with Gasteiger partial charge in [-0.1, -0.05) is 24.3 Å². The highest BCUT2D eigenvalue weighted by molar-refractivity contribution is 5.89. The summed E-state index contributed by atoms with van der Waals surface area (Å²) in [6.45, 7) is 1.82. The van der Waals surface area contributed by atoms with Gasteiger partial charge in [0, 0.05) is 23.3 Å². The Morgan fingerprint density at radius 2 is 2.00 bits per heavy atom. The summed E-state index contributed by atoms with van der Waals surface area (Å²) >= 11 is 0. The molecule has 0 N–H and O–H groups in total. The number of rotatable bonds is 2. The quantitative estimate of drug-likeness (QED) is 0.582. The standard InChI is InChI=1S/C13H15NO3/c1-10-6-2-3-7-11(10)13(14(16)17)9-5-4-8-12(13)15/h2-3,6-7H,4-5,8-9H2,1H3. The number of hydrogen-bond donors (Lipinski definition) is 0. The predicted molar refractivity (Wildman–Crippen MR) is 63.3 cm³/mol. The molecule has 1 saturated carbocycles. The van der Waals surface area contributed by atoms with Crippen LogP contribution in [0.25, 0.3) is 0 Å². The number of carbonyl (C=O) groups excluding carboxylic acids is 1. The van der Waals surface area contributed by atoms with Crippen molar-refractivity contribution in [3.8, 4) is 0 Å². The van der Waals surface area contributed by atoms with E-state index in [1.165, 1.54) is 0 Å². The summed E-state index contributed by atoms with van der Waals surface area (Å²) < 4.78 is 0. The van der Waals surface area contributed by atoms with Crippen LogP contribution >= 0.6 is 0 Å². The third-order valence-electron chi connectivity index (χ3n) is 3.56. The molecule has 0 saturated heterocycles. The van der Waals surface area contributed by atoms with E-state index < -0.39 is 10.5 Å². The molecule has 1 aromatic carbocycles. The van der Waals surface area contributed by atoms with Crippen LogP contribution in [0.2, 0.25) is 0 Å². The van der Waals surface area contributed by atoms with Gasteiger partial charge in [0.15, 0.2) is 0 Å². The van der Waals surface area contributed by atoms with Crippen molar-refractivity contribution in [2.24, 2.45) is 0 Å². The molecule has 17 heavy (non-hydrogen) atoms. The minimum absolute atomic E-state index is 0.247.